The standard InChI is InChI=1S/C10H15N3O5/c1-6(9(16)17)12(3)7(14)5-13-8(15)4-11(2)10(13)18/h6H,4-5H2,1-3H3,(H,16,17)/t6-/m1/s1. The molecule has 0 aromatic heterocycles. The quantitative estimate of drug-likeness (QED) is 0.639. The van der Waals surface area contributed by atoms with Gasteiger partial charge in [-0.3, -0.25) is 14.5 Å². The average molecular weight is 257 g/mol. The Kier molecular flexibility index (Phi) is 3.89. The van der Waals surface area contributed by atoms with E-state index in [1.807, 2.05) is 0 Å². The zero-order valence-corrected chi connectivity index (χ0v) is 10.4. The van der Waals surface area contributed by atoms with Crippen LogP contribution in [0.1, 0.15) is 6.92 Å². The van der Waals surface area contributed by atoms with Crippen LogP contribution in [0.15, 0.2) is 0 Å². The zero-order valence-electron chi connectivity index (χ0n) is 10.4. The number of hydrogen-bond donors (Lipinski definition) is 1. The summed E-state index contributed by atoms with van der Waals surface area (Å²) in [5.74, 6) is -2.21. The van der Waals surface area contributed by atoms with Gasteiger partial charge < -0.3 is 14.9 Å². The van der Waals surface area contributed by atoms with Crippen molar-refractivity contribution in [3.05, 3.63) is 0 Å². The summed E-state index contributed by atoms with van der Waals surface area (Å²) in [6.07, 6.45) is 0. The first kappa shape index (κ1) is 13.9. The van der Waals surface area contributed by atoms with Gasteiger partial charge in [-0.2, -0.15) is 0 Å². The predicted molar refractivity (Wildman–Crippen MR) is 59.6 cm³/mol. The minimum atomic E-state index is -1.15. The van der Waals surface area contributed by atoms with Crippen molar-refractivity contribution < 1.29 is 24.3 Å². The maximum atomic E-state index is 11.7. The van der Waals surface area contributed by atoms with Crippen LogP contribution in [-0.2, 0) is 14.4 Å². The smallest absolute Gasteiger partial charge is 0.327 e. The van der Waals surface area contributed by atoms with E-state index in [9.17, 15) is 19.2 Å². The lowest BCUT2D eigenvalue weighted by molar-refractivity contribution is -0.148. The molecule has 0 spiro atoms. The summed E-state index contributed by atoms with van der Waals surface area (Å²) >= 11 is 0. The summed E-state index contributed by atoms with van der Waals surface area (Å²) in [5.41, 5.74) is 0. The molecule has 100 valence electrons. The van der Waals surface area contributed by atoms with Crippen molar-refractivity contribution in [1.29, 1.82) is 0 Å². The van der Waals surface area contributed by atoms with Gasteiger partial charge in [-0.25, -0.2) is 9.59 Å². The molecule has 0 radical (unpaired) electrons. The van der Waals surface area contributed by atoms with Crippen molar-refractivity contribution in [1.82, 2.24) is 14.7 Å². The number of imide groups is 1. The molecular weight excluding hydrogens is 242 g/mol. The van der Waals surface area contributed by atoms with E-state index in [1.54, 1.807) is 0 Å². The van der Waals surface area contributed by atoms with Crippen LogP contribution in [0, 0.1) is 0 Å². The summed E-state index contributed by atoms with van der Waals surface area (Å²) in [7, 11) is 2.77. The third kappa shape index (κ3) is 2.58. The topological polar surface area (TPSA) is 98.2 Å². The van der Waals surface area contributed by atoms with Gasteiger partial charge >= 0.3 is 12.0 Å². The maximum absolute atomic E-state index is 11.7. The normalized spacial score (nSPS) is 17.1. The van der Waals surface area contributed by atoms with Crippen LogP contribution in [-0.4, -0.2) is 76.8 Å². The Bertz CT molecular complexity index is 408. The molecule has 1 rings (SSSR count). The van der Waals surface area contributed by atoms with Crippen LogP contribution >= 0.6 is 0 Å². The SMILES string of the molecule is C[C@H](C(=O)O)N(C)C(=O)CN1C(=O)CN(C)C1=O. The monoisotopic (exact) mass is 257 g/mol. The molecule has 1 fully saturated rings. The minimum Gasteiger partial charge on any atom is -0.480 e. The predicted octanol–water partition coefficient (Wildman–Crippen LogP) is -1.19. The number of carboxylic acid groups (broad SMARTS) is 1. The van der Waals surface area contributed by atoms with Gasteiger partial charge in [0.2, 0.25) is 5.91 Å². The second-order valence-corrected chi connectivity index (χ2v) is 4.14. The molecule has 1 saturated heterocycles. The molecule has 0 aromatic rings. The highest BCUT2D eigenvalue weighted by Crippen LogP contribution is 2.08. The summed E-state index contributed by atoms with van der Waals surface area (Å²) in [6.45, 7) is 0.848. The minimum absolute atomic E-state index is 0.0652. The number of urea groups is 1. The van der Waals surface area contributed by atoms with E-state index in [0.29, 0.717) is 0 Å². The lowest BCUT2D eigenvalue weighted by Crippen LogP contribution is -2.47. The first-order valence-electron chi connectivity index (χ1n) is 5.29. The fourth-order valence-electron chi connectivity index (χ4n) is 1.45. The average Bonchev–Trinajstić information content (AvgIpc) is 2.53. The highest BCUT2D eigenvalue weighted by molar-refractivity contribution is 6.04. The van der Waals surface area contributed by atoms with Crippen LogP contribution in [0.25, 0.3) is 0 Å². The Morgan fingerprint density at radius 2 is 2.00 bits per heavy atom. The summed E-state index contributed by atoms with van der Waals surface area (Å²) < 4.78 is 0. The van der Waals surface area contributed by atoms with E-state index in [0.717, 1.165) is 9.80 Å². The first-order valence-corrected chi connectivity index (χ1v) is 5.29. The van der Waals surface area contributed by atoms with Gasteiger partial charge in [-0.1, -0.05) is 0 Å². The molecule has 1 atom stereocenters. The van der Waals surface area contributed by atoms with Gasteiger partial charge in [-0.05, 0) is 6.92 Å². The number of hydrogen-bond acceptors (Lipinski definition) is 4. The Balaban J connectivity index is 2.68. The van der Waals surface area contributed by atoms with Gasteiger partial charge in [0.25, 0.3) is 5.91 Å². The molecule has 1 aliphatic rings. The molecule has 8 nitrogen and oxygen atoms in total. The number of carbonyl (C=O) groups excluding carboxylic acids is 3. The molecule has 8 heteroatoms. The second-order valence-electron chi connectivity index (χ2n) is 4.14. The molecule has 1 aliphatic heterocycles. The number of amides is 4. The van der Waals surface area contributed by atoms with Crippen LogP contribution in [0.3, 0.4) is 0 Å². The highest BCUT2D eigenvalue weighted by Gasteiger charge is 2.36. The fraction of sp³-hybridized carbons (Fsp3) is 0.600. The zero-order chi connectivity index (χ0) is 14.0. The number of carbonyl (C=O) groups is 4. The fourth-order valence-corrected chi connectivity index (χ4v) is 1.45. The number of rotatable bonds is 4. The van der Waals surface area contributed by atoms with Crippen molar-refractivity contribution in [3.8, 4) is 0 Å². The lowest BCUT2D eigenvalue weighted by atomic mass is 10.3. The molecule has 0 saturated carbocycles. The van der Waals surface area contributed by atoms with E-state index in [4.69, 9.17) is 5.11 Å². The van der Waals surface area contributed by atoms with Crippen LogP contribution in [0.2, 0.25) is 0 Å². The molecular formula is C10H15N3O5. The van der Waals surface area contributed by atoms with Gasteiger partial charge in [-0.15, -0.1) is 0 Å². The third-order valence-corrected chi connectivity index (χ3v) is 2.86. The first-order chi connectivity index (χ1) is 8.25. The highest BCUT2D eigenvalue weighted by atomic mass is 16.4. The number of nitrogens with zero attached hydrogens (tertiary/aromatic N) is 3. The van der Waals surface area contributed by atoms with Gasteiger partial charge in [0.1, 0.15) is 19.1 Å². The Morgan fingerprint density at radius 3 is 2.39 bits per heavy atom. The molecule has 1 heterocycles. The van der Waals surface area contributed by atoms with E-state index < -0.39 is 36.4 Å². The van der Waals surface area contributed by atoms with Gasteiger partial charge in [0, 0.05) is 14.1 Å². The second kappa shape index (κ2) is 5.03. The molecule has 4 amide bonds. The molecule has 0 aromatic carbocycles. The van der Waals surface area contributed by atoms with Gasteiger partial charge in [0.05, 0.1) is 0 Å². The molecule has 0 unspecified atom stereocenters. The molecule has 0 bridgehead atoms. The molecule has 18 heavy (non-hydrogen) atoms. The lowest BCUT2D eigenvalue weighted by Gasteiger charge is -2.23. The Morgan fingerprint density at radius 1 is 1.44 bits per heavy atom. The maximum Gasteiger partial charge on any atom is 0.327 e. The van der Waals surface area contributed by atoms with E-state index in [2.05, 4.69) is 0 Å². The van der Waals surface area contributed by atoms with E-state index >= 15 is 0 Å². The number of aliphatic carboxylic acids is 1. The van der Waals surface area contributed by atoms with Crippen molar-refractivity contribution in [2.75, 3.05) is 27.2 Å². The number of carboxylic acids is 1. The Hall–Kier alpha value is -2.12. The number of likely N-dealkylation sites (N-methyl/N-ethyl adjacent to an activating group) is 2. The van der Waals surface area contributed by atoms with E-state index in [-0.39, 0.29) is 6.54 Å². The van der Waals surface area contributed by atoms with Crippen LogP contribution in [0.4, 0.5) is 4.79 Å². The summed E-state index contributed by atoms with van der Waals surface area (Å²) in [6, 6.07) is -1.56. The van der Waals surface area contributed by atoms with Crippen molar-refractivity contribution in [3.63, 3.8) is 0 Å². The Labute approximate surface area is 104 Å². The van der Waals surface area contributed by atoms with Crippen molar-refractivity contribution >= 4 is 23.8 Å². The molecule has 1 N–H and O–H groups in total. The molecule has 0 aliphatic carbocycles. The van der Waals surface area contributed by atoms with Crippen molar-refractivity contribution in [2.45, 2.75) is 13.0 Å². The summed E-state index contributed by atoms with van der Waals surface area (Å²) in [4.78, 5) is 48.4. The third-order valence-electron chi connectivity index (χ3n) is 2.86. The van der Waals surface area contributed by atoms with E-state index in [1.165, 1.54) is 25.9 Å². The van der Waals surface area contributed by atoms with Gasteiger partial charge in [0.15, 0.2) is 0 Å². The van der Waals surface area contributed by atoms with Crippen LogP contribution in [0.5, 0.6) is 0 Å². The van der Waals surface area contributed by atoms with Crippen molar-refractivity contribution in [2.24, 2.45) is 0 Å². The summed E-state index contributed by atoms with van der Waals surface area (Å²) in [5, 5.41) is 8.76. The van der Waals surface area contributed by atoms with Crippen LogP contribution < -0.4 is 0 Å². The largest absolute Gasteiger partial charge is 0.480 e.